The predicted molar refractivity (Wildman–Crippen MR) is 57.7 cm³/mol. The second-order valence-corrected chi connectivity index (χ2v) is 3.14. The molecule has 2 aromatic rings. The van der Waals surface area contributed by atoms with Crippen molar-refractivity contribution in [3.8, 4) is 17.3 Å². The number of nitrogens with two attached hydrogens (primary N) is 1. The average Bonchev–Trinajstić information content (AvgIpc) is 2.63. The molecule has 0 bridgehead atoms. The van der Waals surface area contributed by atoms with E-state index in [1.807, 2.05) is 36.4 Å². The van der Waals surface area contributed by atoms with Crippen molar-refractivity contribution >= 4 is 5.82 Å². The van der Waals surface area contributed by atoms with E-state index in [4.69, 9.17) is 11.0 Å². The fourth-order valence-corrected chi connectivity index (χ4v) is 1.37. The van der Waals surface area contributed by atoms with E-state index in [0.29, 0.717) is 5.82 Å². The van der Waals surface area contributed by atoms with E-state index in [-0.39, 0.29) is 6.54 Å². The van der Waals surface area contributed by atoms with Gasteiger partial charge in [-0.25, -0.2) is 4.68 Å². The van der Waals surface area contributed by atoms with Gasteiger partial charge in [-0.2, -0.15) is 10.4 Å². The molecule has 4 heteroatoms. The monoisotopic (exact) mass is 198 g/mol. The molecule has 0 saturated carbocycles. The van der Waals surface area contributed by atoms with Gasteiger partial charge in [0.25, 0.3) is 0 Å². The van der Waals surface area contributed by atoms with E-state index in [1.165, 1.54) is 4.68 Å². The Morgan fingerprint density at radius 2 is 2.07 bits per heavy atom. The molecule has 0 aliphatic heterocycles. The van der Waals surface area contributed by atoms with Crippen LogP contribution in [0.4, 0.5) is 5.82 Å². The number of nitriles is 1. The minimum absolute atomic E-state index is 0.179. The van der Waals surface area contributed by atoms with Gasteiger partial charge in [-0.3, -0.25) is 0 Å². The third kappa shape index (κ3) is 1.81. The van der Waals surface area contributed by atoms with E-state index < -0.39 is 0 Å². The number of nitrogen functional groups attached to an aromatic ring is 1. The summed E-state index contributed by atoms with van der Waals surface area (Å²) in [7, 11) is 0. The van der Waals surface area contributed by atoms with Crippen molar-refractivity contribution in [3.63, 3.8) is 0 Å². The van der Waals surface area contributed by atoms with Crippen molar-refractivity contribution in [1.82, 2.24) is 9.78 Å². The molecule has 0 fully saturated rings. The Morgan fingerprint density at radius 3 is 2.73 bits per heavy atom. The summed E-state index contributed by atoms with van der Waals surface area (Å²) in [5.74, 6) is 0.510. The predicted octanol–water partition coefficient (Wildman–Crippen LogP) is 1.66. The average molecular weight is 198 g/mol. The summed E-state index contributed by atoms with van der Waals surface area (Å²) in [4.78, 5) is 0. The van der Waals surface area contributed by atoms with Gasteiger partial charge in [0.2, 0.25) is 0 Å². The summed E-state index contributed by atoms with van der Waals surface area (Å²) < 4.78 is 1.49. The van der Waals surface area contributed by atoms with Crippen LogP contribution in [0.3, 0.4) is 0 Å². The Balaban J connectivity index is 2.40. The number of benzene rings is 1. The molecular weight excluding hydrogens is 188 g/mol. The number of rotatable bonds is 2. The maximum Gasteiger partial charge on any atom is 0.130 e. The standard InChI is InChI=1S/C11H10N4/c12-6-7-15-11(13)8-10(14-15)9-4-2-1-3-5-9/h1-5,8H,7,13H2. The largest absolute Gasteiger partial charge is 0.384 e. The highest BCUT2D eigenvalue weighted by Crippen LogP contribution is 2.19. The lowest BCUT2D eigenvalue weighted by Crippen LogP contribution is -2.02. The number of anilines is 1. The third-order valence-electron chi connectivity index (χ3n) is 2.10. The van der Waals surface area contributed by atoms with Crippen LogP contribution in [0.2, 0.25) is 0 Å². The first-order valence-electron chi connectivity index (χ1n) is 4.57. The first-order valence-corrected chi connectivity index (χ1v) is 4.57. The topological polar surface area (TPSA) is 67.6 Å². The maximum absolute atomic E-state index is 8.56. The molecular formula is C11H10N4. The molecule has 1 aromatic carbocycles. The van der Waals surface area contributed by atoms with Gasteiger partial charge in [0, 0.05) is 11.6 Å². The molecule has 1 heterocycles. The first-order chi connectivity index (χ1) is 7.31. The van der Waals surface area contributed by atoms with E-state index in [0.717, 1.165) is 11.3 Å². The van der Waals surface area contributed by atoms with Crippen LogP contribution in [0.15, 0.2) is 36.4 Å². The van der Waals surface area contributed by atoms with Crippen LogP contribution < -0.4 is 5.73 Å². The third-order valence-corrected chi connectivity index (χ3v) is 2.10. The zero-order chi connectivity index (χ0) is 10.7. The normalized spacial score (nSPS) is 9.80. The maximum atomic E-state index is 8.56. The van der Waals surface area contributed by atoms with Gasteiger partial charge in [0.05, 0.1) is 11.8 Å². The highest BCUT2D eigenvalue weighted by Gasteiger charge is 2.05. The molecule has 0 saturated heterocycles. The van der Waals surface area contributed by atoms with Crippen molar-refractivity contribution in [1.29, 1.82) is 5.26 Å². The van der Waals surface area contributed by atoms with E-state index >= 15 is 0 Å². The van der Waals surface area contributed by atoms with Gasteiger partial charge in [-0.15, -0.1) is 0 Å². The molecule has 0 atom stereocenters. The van der Waals surface area contributed by atoms with Gasteiger partial charge >= 0.3 is 0 Å². The molecule has 2 N–H and O–H groups in total. The molecule has 4 nitrogen and oxygen atoms in total. The smallest absolute Gasteiger partial charge is 0.130 e. The van der Waals surface area contributed by atoms with Gasteiger partial charge in [-0.1, -0.05) is 30.3 Å². The minimum atomic E-state index is 0.179. The number of aromatic nitrogens is 2. The van der Waals surface area contributed by atoms with E-state index in [1.54, 1.807) is 6.07 Å². The van der Waals surface area contributed by atoms with E-state index in [2.05, 4.69) is 5.10 Å². The summed E-state index contributed by atoms with van der Waals surface area (Å²) in [6.45, 7) is 0.179. The Kier molecular flexibility index (Phi) is 2.38. The zero-order valence-corrected chi connectivity index (χ0v) is 8.09. The molecule has 0 radical (unpaired) electrons. The van der Waals surface area contributed by atoms with Crippen molar-refractivity contribution in [2.45, 2.75) is 6.54 Å². The van der Waals surface area contributed by atoms with Crippen LogP contribution in [0.1, 0.15) is 0 Å². The summed E-state index contributed by atoms with van der Waals surface area (Å²) in [5, 5.41) is 12.8. The van der Waals surface area contributed by atoms with Crippen molar-refractivity contribution in [3.05, 3.63) is 36.4 Å². The van der Waals surface area contributed by atoms with Crippen molar-refractivity contribution in [2.24, 2.45) is 0 Å². The Hall–Kier alpha value is -2.28. The molecule has 0 unspecified atom stereocenters. The highest BCUT2D eigenvalue weighted by molar-refractivity contribution is 5.62. The number of hydrogen-bond acceptors (Lipinski definition) is 3. The van der Waals surface area contributed by atoms with Crippen LogP contribution in [-0.4, -0.2) is 9.78 Å². The second-order valence-electron chi connectivity index (χ2n) is 3.14. The lowest BCUT2D eigenvalue weighted by Gasteiger charge is -1.95. The van der Waals surface area contributed by atoms with Crippen LogP contribution in [-0.2, 0) is 6.54 Å². The lowest BCUT2D eigenvalue weighted by molar-refractivity contribution is 0.723. The van der Waals surface area contributed by atoms with Crippen molar-refractivity contribution in [2.75, 3.05) is 5.73 Å². The second kappa shape index (κ2) is 3.84. The molecule has 0 aliphatic carbocycles. The van der Waals surface area contributed by atoms with Crippen LogP contribution in [0.25, 0.3) is 11.3 Å². The van der Waals surface area contributed by atoms with Gasteiger partial charge in [0.15, 0.2) is 0 Å². The summed E-state index contributed by atoms with van der Waals surface area (Å²) in [6.07, 6.45) is 0. The quantitative estimate of drug-likeness (QED) is 0.797. The summed E-state index contributed by atoms with van der Waals surface area (Å²) >= 11 is 0. The molecule has 15 heavy (non-hydrogen) atoms. The SMILES string of the molecule is N#CCn1nc(-c2ccccc2)cc1N. The molecule has 2 rings (SSSR count). The molecule has 1 aromatic heterocycles. The van der Waals surface area contributed by atoms with Crippen molar-refractivity contribution < 1.29 is 0 Å². The zero-order valence-electron chi connectivity index (χ0n) is 8.09. The summed E-state index contributed by atoms with van der Waals surface area (Å²) in [5.41, 5.74) is 7.51. The number of nitrogens with zero attached hydrogens (tertiary/aromatic N) is 3. The first kappa shape index (κ1) is 9.28. The Bertz CT molecular complexity index is 493. The molecule has 0 amide bonds. The van der Waals surface area contributed by atoms with Gasteiger partial charge in [0.1, 0.15) is 12.4 Å². The fraction of sp³-hybridized carbons (Fsp3) is 0.0909. The Labute approximate surface area is 87.6 Å². The van der Waals surface area contributed by atoms with Crippen LogP contribution in [0, 0.1) is 11.3 Å². The Morgan fingerprint density at radius 1 is 1.33 bits per heavy atom. The molecule has 74 valence electrons. The lowest BCUT2D eigenvalue weighted by atomic mass is 10.2. The summed E-state index contributed by atoms with van der Waals surface area (Å²) in [6, 6.07) is 13.5. The minimum Gasteiger partial charge on any atom is -0.384 e. The number of hydrogen-bond donors (Lipinski definition) is 1. The molecule has 0 spiro atoms. The van der Waals surface area contributed by atoms with E-state index in [9.17, 15) is 0 Å². The molecule has 0 aliphatic rings. The highest BCUT2D eigenvalue weighted by atomic mass is 15.3. The van der Waals surface area contributed by atoms with Gasteiger partial charge in [-0.05, 0) is 0 Å². The fourth-order valence-electron chi connectivity index (χ4n) is 1.37. The van der Waals surface area contributed by atoms with Gasteiger partial charge < -0.3 is 5.73 Å². The van der Waals surface area contributed by atoms with Crippen LogP contribution in [0.5, 0.6) is 0 Å². The van der Waals surface area contributed by atoms with Crippen LogP contribution >= 0.6 is 0 Å².